The summed E-state index contributed by atoms with van der Waals surface area (Å²) < 4.78 is 44.4. The number of hydrogen-bond donors (Lipinski definition) is 2. The number of pyridine rings is 1. The summed E-state index contributed by atoms with van der Waals surface area (Å²) in [6.07, 6.45) is -1.81. The van der Waals surface area contributed by atoms with Crippen molar-refractivity contribution in [2.45, 2.75) is 6.18 Å². The van der Waals surface area contributed by atoms with Gasteiger partial charge in [-0.3, -0.25) is 9.78 Å². The Bertz CT molecular complexity index is 1280. The second-order valence-electron chi connectivity index (χ2n) is 6.46. The molecule has 1 amide bonds. The lowest BCUT2D eigenvalue weighted by atomic mass is 10.1. The van der Waals surface area contributed by atoms with Gasteiger partial charge < -0.3 is 15.8 Å². The van der Waals surface area contributed by atoms with Gasteiger partial charge in [-0.1, -0.05) is 6.07 Å². The van der Waals surface area contributed by atoms with Crippen molar-refractivity contribution in [2.24, 2.45) is 0 Å². The molecule has 0 aliphatic heterocycles. The number of amides is 1. The highest BCUT2D eigenvalue weighted by Crippen LogP contribution is 2.31. The fourth-order valence-electron chi connectivity index (χ4n) is 2.89. The summed E-state index contributed by atoms with van der Waals surface area (Å²) in [5.41, 5.74) is 4.82. The molecule has 0 unspecified atom stereocenters. The number of fused-ring (bicyclic) bond motifs is 1. The number of ether oxygens (including phenoxy) is 1. The van der Waals surface area contributed by atoms with E-state index in [2.05, 4.69) is 20.3 Å². The van der Waals surface area contributed by atoms with Crippen LogP contribution in [-0.4, -0.2) is 20.9 Å². The molecule has 7 nitrogen and oxygen atoms in total. The van der Waals surface area contributed by atoms with Gasteiger partial charge in [0, 0.05) is 23.3 Å². The van der Waals surface area contributed by atoms with Crippen molar-refractivity contribution in [2.75, 3.05) is 11.1 Å². The Labute approximate surface area is 173 Å². The summed E-state index contributed by atoms with van der Waals surface area (Å²) >= 11 is 0. The van der Waals surface area contributed by atoms with Crippen molar-refractivity contribution < 1.29 is 22.7 Å². The van der Waals surface area contributed by atoms with Gasteiger partial charge in [-0.05, 0) is 47.9 Å². The molecule has 0 radical (unpaired) electrons. The molecule has 0 aliphatic rings. The third-order valence-electron chi connectivity index (χ3n) is 4.28. The van der Waals surface area contributed by atoms with E-state index in [1.807, 2.05) is 0 Å². The maximum atomic E-state index is 12.9. The monoisotopic (exact) mass is 425 g/mol. The molecule has 31 heavy (non-hydrogen) atoms. The topological polar surface area (TPSA) is 103 Å². The first-order valence-corrected chi connectivity index (χ1v) is 8.92. The van der Waals surface area contributed by atoms with Crippen LogP contribution in [0.15, 0.2) is 67.1 Å². The van der Waals surface area contributed by atoms with Crippen LogP contribution in [0.5, 0.6) is 11.6 Å². The Morgan fingerprint density at radius 1 is 1.00 bits per heavy atom. The summed E-state index contributed by atoms with van der Waals surface area (Å²) in [4.78, 5) is 24.5. The van der Waals surface area contributed by atoms with Crippen LogP contribution in [0, 0.1) is 0 Å². The number of benzene rings is 2. The van der Waals surface area contributed by atoms with E-state index in [-0.39, 0.29) is 23.1 Å². The maximum Gasteiger partial charge on any atom is 0.416 e. The number of rotatable bonds is 4. The van der Waals surface area contributed by atoms with Crippen molar-refractivity contribution in [1.29, 1.82) is 0 Å². The summed E-state index contributed by atoms with van der Waals surface area (Å²) in [5.74, 6) is 0.315. The number of carbonyl (C=O) groups is 1. The van der Waals surface area contributed by atoms with Gasteiger partial charge in [0.25, 0.3) is 5.91 Å². The quantitative estimate of drug-likeness (QED) is 0.493. The zero-order chi connectivity index (χ0) is 22.0. The first-order valence-electron chi connectivity index (χ1n) is 8.92. The average Bonchev–Trinajstić information content (AvgIpc) is 2.73. The number of alkyl halides is 3. The highest BCUT2D eigenvalue weighted by Gasteiger charge is 2.30. The predicted octanol–water partition coefficient (Wildman–Crippen LogP) is 4.67. The van der Waals surface area contributed by atoms with Crippen molar-refractivity contribution >= 4 is 28.2 Å². The first kappa shape index (κ1) is 20.1. The molecule has 156 valence electrons. The Balaban J connectivity index is 1.60. The third kappa shape index (κ3) is 4.53. The van der Waals surface area contributed by atoms with E-state index in [1.54, 1.807) is 24.3 Å². The SMILES string of the molecule is Nc1cc(Oc2ccc3c(C(=O)Nc4cccc(C(F)(F)F)c4)nccc3c2)ncn1. The van der Waals surface area contributed by atoms with E-state index < -0.39 is 17.6 Å². The highest BCUT2D eigenvalue weighted by atomic mass is 19.4. The van der Waals surface area contributed by atoms with Crippen molar-refractivity contribution in [3.05, 3.63) is 78.4 Å². The average molecular weight is 425 g/mol. The molecule has 4 rings (SSSR count). The Kier molecular flexibility index (Phi) is 5.12. The van der Waals surface area contributed by atoms with E-state index >= 15 is 0 Å². The summed E-state index contributed by atoms with van der Waals surface area (Å²) in [7, 11) is 0. The fraction of sp³-hybridized carbons (Fsp3) is 0.0476. The minimum atomic E-state index is -4.51. The number of aromatic nitrogens is 3. The predicted molar refractivity (Wildman–Crippen MR) is 108 cm³/mol. The van der Waals surface area contributed by atoms with Crippen molar-refractivity contribution in [1.82, 2.24) is 15.0 Å². The van der Waals surface area contributed by atoms with Crippen LogP contribution in [0.4, 0.5) is 24.7 Å². The number of nitrogen functional groups attached to an aromatic ring is 1. The van der Waals surface area contributed by atoms with Crippen LogP contribution < -0.4 is 15.8 Å². The molecule has 2 aromatic heterocycles. The van der Waals surface area contributed by atoms with Crippen LogP contribution >= 0.6 is 0 Å². The molecule has 0 atom stereocenters. The van der Waals surface area contributed by atoms with Crippen molar-refractivity contribution in [3.8, 4) is 11.6 Å². The molecule has 2 aromatic carbocycles. The van der Waals surface area contributed by atoms with Crippen LogP contribution in [0.3, 0.4) is 0 Å². The molecule has 0 aliphatic carbocycles. The van der Waals surface area contributed by atoms with Gasteiger partial charge in [0.2, 0.25) is 5.88 Å². The van der Waals surface area contributed by atoms with Gasteiger partial charge >= 0.3 is 6.18 Å². The largest absolute Gasteiger partial charge is 0.439 e. The standard InChI is InChI=1S/C21H14F3N5O2/c22-21(23,24)13-2-1-3-14(9-13)29-20(30)19-16-5-4-15(8-12(16)6-7-26-19)31-18-10-17(25)27-11-28-18/h1-11H,(H,29,30)(H2,25,27,28). The van der Waals surface area contributed by atoms with Crippen molar-refractivity contribution in [3.63, 3.8) is 0 Å². The van der Waals surface area contributed by atoms with Crippen LogP contribution in [0.1, 0.15) is 16.1 Å². The molecule has 0 bridgehead atoms. The van der Waals surface area contributed by atoms with Gasteiger partial charge in [0.15, 0.2) is 0 Å². The molecule has 0 saturated carbocycles. The minimum absolute atomic E-state index is 0.0138. The van der Waals surface area contributed by atoms with Gasteiger partial charge in [-0.25, -0.2) is 9.97 Å². The molecule has 3 N–H and O–H groups in total. The zero-order valence-electron chi connectivity index (χ0n) is 15.7. The maximum absolute atomic E-state index is 12.9. The number of hydrogen-bond acceptors (Lipinski definition) is 6. The van der Waals surface area contributed by atoms with Crippen LogP contribution in [0.25, 0.3) is 10.8 Å². The Hall–Kier alpha value is -4.21. The van der Waals surface area contributed by atoms with Crippen LogP contribution in [-0.2, 0) is 6.18 Å². The molecular formula is C21H14F3N5O2. The summed E-state index contributed by atoms with van der Waals surface area (Å²) in [6, 6.07) is 12.4. The molecule has 4 aromatic rings. The lowest BCUT2D eigenvalue weighted by Gasteiger charge is -2.11. The number of halogens is 3. The molecule has 0 fully saturated rings. The Morgan fingerprint density at radius 3 is 2.61 bits per heavy atom. The Morgan fingerprint density at radius 2 is 1.84 bits per heavy atom. The van der Waals surface area contributed by atoms with E-state index in [9.17, 15) is 18.0 Å². The molecule has 0 saturated heterocycles. The second kappa shape index (κ2) is 7.90. The third-order valence-corrected chi connectivity index (χ3v) is 4.28. The molecular weight excluding hydrogens is 411 g/mol. The normalized spacial score (nSPS) is 11.3. The van der Waals surface area contributed by atoms with Crippen LogP contribution in [0.2, 0.25) is 0 Å². The van der Waals surface area contributed by atoms with E-state index in [0.29, 0.717) is 16.5 Å². The van der Waals surface area contributed by atoms with Gasteiger partial charge in [-0.2, -0.15) is 13.2 Å². The second-order valence-corrected chi connectivity index (χ2v) is 6.46. The number of carbonyl (C=O) groups excluding carboxylic acids is 1. The zero-order valence-corrected chi connectivity index (χ0v) is 15.7. The van der Waals surface area contributed by atoms with E-state index in [4.69, 9.17) is 10.5 Å². The number of nitrogens with one attached hydrogen (secondary N) is 1. The first-order chi connectivity index (χ1) is 14.8. The number of nitrogens with two attached hydrogens (primary N) is 1. The van der Waals surface area contributed by atoms with E-state index in [1.165, 1.54) is 30.7 Å². The molecule has 10 heteroatoms. The van der Waals surface area contributed by atoms with E-state index in [0.717, 1.165) is 12.1 Å². The minimum Gasteiger partial charge on any atom is -0.439 e. The lowest BCUT2D eigenvalue weighted by Crippen LogP contribution is -2.15. The molecule has 2 heterocycles. The fourth-order valence-corrected chi connectivity index (χ4v) is 2.89. The smallest absolute Gasteiger partial charge is 0.416 e. The number of anilines is 2. The summed E-state index contributed by atoms with van der Waals surface area (Å²) in [5, 5.41) is 3.60. The molecule has 0 spiro atoms. The summed E-state index contributed by atoms with van der Waals surface area (Å²) in [6.45, 7) is 0. The lowest BCUT2D eigenvalue weighted by molar-refractivity contribution is -0.137. The van der Waals surface area contributed by atoms with Gasteiger partial charge in [0.05, 0.1) is 5.56 Å². The van der Waals surface area contributed by atoms with Gasteiger partial charge in [0.1, 0.15) is 23.6 Å². The highest BCUT2D eigenvalue weighted by molar-refractivity contribution is 6.11. The number of nitrogens with zero attached hydrogens (tertiary/aromatic N) is 3. The van der Waals surface area contributed by atoms with Gasteiger partial charge in [-0.15, -0.1) is 0 Å².